The van der Waals surface area contributed by atoms with Crippen molar-refractivity contribution in [1.29, 1.82) is 0 Å². The molecule has 0 aliphatic rings. The van der Waals surface area contributed by atoms with Crippen LogP contribution in [0.5, 0.6) is 11.5 Å². The summed E-state index contributed by atoms with van der Waals surface area (Å²) in [7, 11) is 0. The highest BCUT2D eigenvalue weighted by Gasteiger charge is 2.13. The quantitative estimate of drug-likeness (QED) is 0.149. The highest BCUT2D eigenvalue weighted by Crippen LogP contribution is 2.27. The van der Waals surface area contributed by atoms with E-state index in [1.807, 2.05) is 61.5 Å². The van der Waals surface area contributed by atoms with E-state index >= 15 is 0 Å². The van der Waals surface area contributed by atoms with Crippen LogP contribution in [0.4, 0.5) is 0 Å². The number of carbonyl (C=O) groups is 2. The molecule has 170 valence electrons. The van der Waals surface area contributed by atoms with Gasteiger partial charge < -0.3 is 9.47 Å². The number of rotatable bonds is 7. The molecule has 0 spiro atoms. The van der Waals surface area contributed by atoms with E-state index in [1.54, 1.807) is 30.3 Å². The number of benzene rings is 4. The molecule has 1 amide bonds. The molecule has 0 bridgehead atoms. The molecule has 4 aromatic rings. The summed E-state index contributed by atoms with van der Waals surface area (Å²) in [6, 6.07) is 25.5. The maximum absolute atomic E-state index is 12.7. The topological polar surface area (TPSA) is 77.0 Å². The van der Waals surface area contributed by atoms with Gasteiger partial charge in [-0.05, 0) is 60.2 Å². The largest absolute Gasteiger partial charge is 0.484 e. The number of aryl methyl sites for hydroxylation is 1. The Morgan fingerprint density at radius 1 is 0.941 bits per heavy atom. The molecule has 0 aliphatic carbocycles. The van der Waals surface area contributed by atoms with Gasteiger partial charge in [-0.15, -0.1) is 0 Å². The lowest BCUT2D eigenvalue weighted by Gasteiger charge is -2.11. The Balaban J connectivity index is 1.50. The molecule has 0 saturated carbocycles. The Labute approximate surface area is 205 Å². The van der Waals surface area contributed by atoms with E-state index in [0.29, 0.717) is 22.6 Å². The standard InChI is InChI=1S/C27H21BrN2O4/c1-18-6-8-20(9-7-18)27(32)34-25-15-10-19-4-2-3-5-23(19)24(25)16-29-30-26(31)17-33-22-13-11-21(28)12-14-22/h2-16H,17H2,1H3,(H,30,31)/b29-16+. The minimum absolute atomic E-state index is 0.191. The summed E-state index contributed by atoms with van der Waals surface area (Å²) >= 11 is 3.35. The Morgan fingerprint density at radius 3 is 2.44 bits per heavy atom. The molecule has 7 heteroatoms. The van der Waals surface area contributed by atoms with Crippen LogP contribution in [0.3, 0.4) is 0 Å². The van der Waals surface area contributed by atoms with Gasteiger partial charge in [0.15, 0.2) is 6.61 Å². The van der Waals surface area contributed by atoms with Gasteiger partial charge in [-0.3, -0.25) is 4.79 Å². The fourth-order valence-corrected chi connectivity index (χ4v) is 3.49. The van der Waals surface area contributed by atoms with Crippen LogP contribution < -0.4 is 14.9 Å². The first-order chi connectivity index (χ1) is 16.5. The number of fused-ring (bicyclic) bond motifs is 1. The van der Waals surface area contributed by atoms with Gasteiger partial charge in [0.2, 0.25) is 0 Å². The van der Waals surface area contributed by atoms with Crippen LogP contribution >= 0.6 is 15.9 Å². The van der Waals surface area contributed by atoms with Crippen LogP contribution in [0.2, 0.25) is 0 Å². The van der Waals surface area contributed by atoms with E-state index in [0.717, 1.165) is 20.8 Å². The molecular weight excluding hydrogens is 496 g/mol. The summed E-state index contributed by atoms with van der Waals surface area (Å²) in [5, 5.41) is 5.85. The van der Waals surface area contributed by atoms with Crippen molar-refractivity contribution in [1.82, 2.24) is 5.43 Å². The molecule has 0 aliphatic heterocycles. The zero-order valence-corrected chi connectivity index (χ0v) is 19.9. The summed E-state index contributed by atoms with van der Waals surface area (Å²) in [5.74, 6) is 0.0181. The summed E-state index contributed by atoms with van der Waals surface area (Å²) in [4.78, 5) is 24.8. The van der Waals surface area contributed by atoms with Gasteiger partial charge in [0, 0.05) is 10.0 Å². The van der Waals surface area contributed by atoms with Crippen molar-refractivity contribution >= 4 is 44.8 Å². The van der Waals surface area contributed by atoms with E-state index in [2.05, 4.69) is 26.5 Å². The minimum atomic E-state index is -0.475. The van der Waals surface area contributed by atoms with Gasteiger partial charge in [-0.25, -0.2) is 10.2 Å². The summed E-state index contributed by atoms with van der Waals surface area (Å²) in [6.07, 6.45) is 1.47. The highest BCUT2D eigenvalue weighted by atomic mass is 79.9. The lowest BCUT2D eigenvalue weighted by Crippen LogP contribution is -2.24. The third kappa shape index (κ3) is 5.88. The van der Waals surface area contributed by atoms with Gasteiger partial charge in [-0.2, -0.15) is 5.10 Å². The smallest absolute Gasteiger partial charge is 0.343 e. The summed E-state index contributed by atoms with van der Waals surface area (Å²) in [5.41, 5.74) is 4.52. The van der Waals surface area contributed by atoms with Crippen LogP contribution in [-0.4, -0.2) is 24.7 Å². The van der Waals surface area contributed by atoms with E-state index in [4.69, 9.17) is 9.47 Å². The Hall–Kier alpha value is -3.97. The number of amides is 1. The highest BCUT2D eigenvalue weighted by molar-refractivity contribution is 9.10. The molecule has 0 aromatic heterocycles. The van der Waals surface area contributed by atoms with Crippen LogP contribution in [0.15, 0.2) is 94.5 Å². The number of hydrogen-bond donors (Lipinski definition) is 1. The maximum Gasteiger partial charge on any atom is 0.343 e. The zero-order chi connectivity index (χ0) is 23.9. The number of esters is 1. The third-order valence-electron chi connectivity index (χ3n) is 4.99. The van der Waals surface area contributed by atoms with Crippen molar-refractivity contribution in [2.75, 3.05) is 6.61 Å². The van der Waals surface area contributed by atoms with Crippen LogP contribution in [0.25, 0.3) is 10.8 Å². The van der Waals surface area contributed by atoms with Gasteiger partial charge in [-0.1, -0.05) is 64.0 Å². The normalized spacial score (nSPS) is 10.9. The molecule has 4 rings (SSSR count). The van der Waals surface area contributed by atoms with Crippen LogP contribution in [0.1, 0.15) is 21.5 Å². The molecule has 0 radical (unpaired) electrons. The zero-order valence-electron chi connectivity index (χ0n) is 18.3. The number of nitrogens with one attached hydrogen (secondary N) is 1. The van der Waals surface area contributed by atoms with Crippen molar-refractivity contribution in [3.05, 3.63) is 106 Å². The van der Waals surface area contributed by atoms with Crippen molar-refractivity contribution < 1.29 is 19.1 Å². The SMILES string of the molecule is Cc1ccc(C(=O)Oc2ccc3ccccc3c2/C=N/NC(=O)COc2ccc(Br)cc2)cc1. The first-order valence-corrected chi connectivity index (χ1v) is 11.3. The van der Waals surface area contributed by atoms with Gasteiger partial charge >= 0.3 is 5.97 Å². The Bertz CT molecular complexity index is 1350. The second-order valence-corrected chi connectivity index (χ2v) is 8.41. The lowest BCUT2D eigenvalue weighted by molar-refractivity contribution is -0.123. The van der Waals surface area contributed by atoms with E-state index in [-0.39, 0.29) is 6.61 Å². The molecule has 0 unspecified atom stereocenters. The third-order valence-corrected chi connectivity index (χ3v) is 5.52. The van der Waals surface area contributed by atoms with E-state index in [9.17, 15) is 9.59 Å². The molecular formula is C27H21BrN2O4. The van der Waals surface area contributed by atoms with E-state index < -0.39 is 11.9 Å². The van der Waals surface area contributed by atoms with Gasteiger partial charge in [0.25, 0.3) is 5.91 Å². The number of ether oxygens (including phenoxy) is 2. The fraction of sp³-hybridized carbons (Fsp3) is 0.0741. The number of hydrogen-bond acceptors (Lipinski definition) is 5. The second kappa shape index (κ2) is 10.8. The predicted molar refractivity (Wildman–Crippen MR) is 135 cm³/mol. The second-order valence-electron chi connectivity index (χ2n) is 7.49. The average Bonchev–Trinajstić information content (AvgIpc) is 2.85. The summed E-state index contributed by atoms with van der Waals surface area (Å²) in [6.45, 7) is 1.76. The van der Waals surface area contributed by atoms with E-state index in [1.165, 1.54) is 6.21 Å². The molecule has 34 heavy (non-hydrogen) atoms. The van der Waals surface area contributed by atoms with Crippen LogP contribution in [-0.2, 0) is 4.79 Å². The predicted octanol–water partition coefficient (Wildman–Crippen LogP) is 5.66. The Kier molecular flexibility index (Phi) is 7.34. The van der Waals surface area contributed by atoms with Crippen molar-refractivity contribution in [2.45, 2.75) is 6.92 Å². The minimum Gasteiger partial charge on any atom is -0.484 e. The maximum atomic E-state index is 12.7. The number of halogens is 1. The van der Waals surface area contributed by atoms with Crippen molar-refractivity contribution in [2.24, 2.45) is 5.10 Å². The van der Waals surface area contributed by atoms with Gasteiger partial charge in [0.05, 0.1) is 11.8 Å². The van der Waals surface area contributed by atoms with Crippen molar-refractivity contribution in [3.63, 3.8) is 0 Å². The summed E-state index contributed by atoms with van der Waals surface area (Å²) < 4.78 is 12.1. The van der Waals surface area contributed by atoms with Crippen LogP contribution in [0, 0.1) is 6.92 Å². The molecule has 1 N–H and O–H groups in total. The number of hydrazone groups is 1. The molecule has 0 fully saturated rings. The molecule has 6 nitrogen and oxygen atoms in total. The molecule has 0 atom stereocenters. The Morgan fingerprint density at radius 2 is 1.68 bits per heavy atom. The lowest BCUT2D eigenvalue weighted by atomic mass is 10.0. The fourth-order valence-electron chi connectivity index (χ4n) is 3.23. The van der Waals surface area contributed by atoms with Gasteiger partial charge in [0.1, 0.15) is 11.5 Å². The first-order valence-electron chi connectivity index (χ1n) is 10.5. The molecule has 4 aromatic carbocycles. The number of nitrogens with zero attached hydrogens (tertiary/aromatic N) is 1. The average molecular weight is 517 g/mol. The molecule has 0 heterocycles. The molecule has 0 saturated heterocycles. The first kappa shape index (κ1) is 23.2. The monoisotopic (exact) mass is 516 g/mol. The van der Waals surface area contributed by atoms with Crippen molar-refractivity contribution in [3.8, 4) is 11.5 Å². The number of carbonyl (C=O) groups excluding carboxylic acids is 2.